The first-order valence-electron chi connectivity index (χ1n) is 8.85. The second-order valence-electron chi connectivity index (χ2n) is 6.48. The molecule has 3 aromatic carbocycles. The molecule has 2 aromatic heterocycles. The molecule has 0 fully saturated rings. The van der Waals surface area contributed by atoms with Crippen molar-refractivity contribution in [2.45, 2.75) is 13.0 Å². The number of hydrogen-bond acceptors (Lipinski definition) is 2. The van der Waals surface area contributed by atoms with Gasteiger partial charge in [-0.1, -0.05) is 54.6 Å². The van der Waals surface area contributed by atoms with Crippen LogP contribution in [-0.4, -0.2) is 9.55 Å². The molecule has 0 amide bonds. The van der Waals surface area contributed by atoms with E-state index in [2.05, 4.69) is 59.2 Å². The Morgan fingerprint density at radius 2 is 1.65 bits per heavy atom. The van der Waals surface area contributed by atoms with Crippen molar-refractivity contribution in [3.63, 3.8) is 0 Å². The van der Waals surface area contributed by atoms with Gasteiger partial charge >= 0.3 is 0 Å². The summed E-state index contributed by atoms with van der Waals surface area (Å²) in [6.45, 7) is 0.856. The molecule has 0 saturated heterocycles. The summed E-state index contributed by atoms with van der Waals surface area (Å²) in [6, 6.07) is 27.3. The zero-order valence-corrected chi connectivity index (χ0v) is 14.3. The molecule has 0 aliphatic rings. The van der Waals surface area contributed by atoms with E-state index in [0.717, 1.165) is 35.6 Å². The van der Waals surface area contributed by atoms with Crippen molar-refractivity contribution in [1.82, 2.24) is 9.55 Å². The monoisotopic (exact) mass is 338 g/mol. The second kappa shape index (κ2) is 6.19. The van der Waals surface area contributed by atoms with E-state index >= 15 is 0 Å². The summed E-state index contributed by atoms with van der Waals surface area (Å²) in [7, 11) is 0. The number of nitrogens with zero attached hydrogens (tertiary/aromatic N) is 2. The van der Waals surface area contributed by atoms with Crippen molar-refractivity contribution >= 4 is 21.8 Å². The maximum absolute atomic E-state index is 5.62. The third kappa shape index (κ3) is 2.58. The van der Waals surface area contributed by atoms with Crippen LogP contribution in [0, 0.1) is 0 Å². The number of aromatic nitrogens is 2. The lowest BCUT2D eigenvalue weighted by molar-refractivity contribution is 0.569. The highest BCUT2D eigenvalue weighted by molar-refractivity contribution is 5.83. The number of fused-ring (bicyclic) bond motifs is 2. The number of aryl methyl sites for hydroxylation is 2. The molecule has 0 bridgehead atoms. The maximum atomic E-state index is 5.62. The van der Waals surface area contributed by atoms with Gasteiger partial charge in [0.2, 0.25) is 0 Å². The zero-order valence-electron chi connectivity index (χ0n) is 14.3. The van der Waals surface area contributed by atoms with Crippen LogP contribution in [0.5, 0.6) is 0 Å². The Kier molecular flexibility index (Phi) is 3.56. The summed E-state index contributed by atoms with van der Waals surface area (Å²) in [5.74, 6) is 1.69. The molecule has 0 saturated carbocycles. The highest BCUT2D eigenvalue weighted by Gasteiger charge is 2.14. The Bertz CT molecular complexity index is 1190. The number of rotatable bonds is 4. The van der Waals surface area contributed by atoms with Gasteiger partial charge in [0.05, 0.1) is 17.3 Å². The molecule has 0 aliphatic carbocycles. The fourth-order valence-electron chi connectivity index (χ4n) is 3.53. The smallest absolute Gasteiger partial charge is 0.177 e. The summed E-state index contributed by atoms with van der Waals surface area (Å²) in [5.41, 5.74) is 3.46. The molecule has 26 heavy (non-hydrogen) atoms. The van der Waals surface area contributed by atoms with Gasteiger partial charge in [-0.2, -0.15) is 0 Å². The largest absolute Gasteiger partial charge is 0.461 e. The van der Waals surface area contributed by atoms with Crippen molar-refractivity contribution in [1.29, 1.82) is 0 Å². The molecular formula is C23H18N2O. The first-order chi connectivity index (χ1) is 12.9. The van der Waals surface area contributed by atoms with Crippen LogP contribution >= 0.6 is 0 Å². The van der Waals surface area contributed by atoms with Crippen LogP contribution in [0.4, 0.5) is 0 Å². The SMILES string of the molecule is c1coc(-c2nc3ccccc3n2CCc2ccc3ccccc3c2)c1. The van der Waals surface area contributed by atoms with Gasteiger partial charge in [-0.05, 0) is 47.0 Å². The van der Waals surface area contributed by atoms with Gasteiger partial charge in [-0.25, -0.2) is 4.98 Å². The molecule has 5 rings (SSSR count). The van der Waals surface area contributed by atoms with Gasteiger partial charge in [0, 0.05) is 6.54 Å². The zero-order chi connectivity index (χ0) is 17.3. The van der Waals surface area contributed by atoms with Crippen LogP contribution in [0.1, 0.15) is 5.56 Å². The molecule has 5 aromatic rings. The highest BCUT2D eigenvalue weighted by Crippen LogP contribution is 2.26. The molecule has 0 radical (unpaired) electrons. The fraction of sp³-hybridized carbons (Fsp3) is 0.0870. The molecule has 3 heteroatoms. The van der Waals surface area contributed by atoms with E-state index < -0.39 is 0 Å². The Labute approximate surface area is 151 Å². The Hall–Kier alpha value is -3.33. The van der Waals surface area contributed by atoms with E-state index in [1.165, 1.54) is 16.3 Å². The van der Waals surface area contributed by atoms with Gasteiger partial charge in [0.15, 0.2) is 11.6 Å². The molecule has 0 aliphatic heterocycles. The molecule has 0 N–H and O–H groups in total. The predicted octanol–water partition coefficient (Wildman–Crippen LogP) is 5.69. The lowest BCUT2D eigenvalue weighted by Crippen LogP contribution is -2.03. The average Bonchev–Trinajstić information content (AvgIpc) is 3.34. The molecule has 126 valence electrons. The summed E-state index contributed by atoms with van der Waals surface area (Å²) < 4.78 is 7.87. The number of imidazole rings is 1. The van der Waals surface area contributed by atoms with Gasteiger partial charge < -0.3 is 8.98 Å². The maximum Gasteiger partial charge on any atom is 0.177 e. The number of para-hydroxylation sites is 2. The topological polar surface area (TPSA) is 31.0 Å². The van der Waals surface area contributed by atoms with Crippen LogP contribution < -0.4 is 0 Å². The molecule has 0 unspecified atom stereocenters. The molecular weight excluding hydrogens is 320 g/mol. The standard InChI is InChI=1S/C23H18N2O/c1-2-7-19-16-17(11-12-18(19)6-1)13-14-25-21-9-4-3-8-20(21)24-23(25)22-10-5-15-26-22/h1-12,15-16H,13-14H2. The number of benzene rings is 3. The third-order valence-corrected chi connectivity index (χ3v) is 4.83. The first-order valence-corrected chi connectivity index (χ1v) is 8.85. The highest BCUT2D eigenvalue weighted by atomic mass is 16.3. The van der Waals surface area contributed by atoms with Gasteiger partial charge in [-0.3, -0.25) is 0 Å². The van der Waals surface area contributed by atoms with Crippen molar-refractivity contribution in [3.8, 4) is 11.6 Å². The lowest BCUT2D eigenvalue weighted by atomic mass is 10.1. The average molecular weight is 338 g/mol. The first kappa shape index (κ1) is 15.0. The van der Waals surface area contributed by atoms with E-state index in [1.54, 1.807) is 6.26 Å². The van der Waals surface area contributed by atoms with E-state index in [1.807, 2.05) is 24.3 Å². The second-order valence-corrected chi connectivity index (χ2v) is 6.48. The quantitative estimate of drug-likeness (QED) is 0.421. The molecule has 0 spiro atoms. The lowest BCUT2D eigenvalue weighted by Gasteiger charge is -2.09. The summed E-state index contributed by atoms with van der Waals surface area (Å²) in [4.78, 5) is 4.79. The number of hydrogen-bond donors (Lipinski definition) is 0. The van der Waals surface area contributed by atoms with Crippen molar-refractivity contribution in [2.75, 3.05) is 0 Å². The van der Waals surface area contributed by atoms with Crippen LogP contribution in [0.15, 0.2) is 89.5 Å². The third-order valence-electron chi connectivity index (χ3n) is 4.83. The minimum Gasteiger partial charge on any atom is -0.461 e. The predicted molar refractivity (Wildman–Crippen MR) is 105 cm³/mol. The molecule has 2 heterocycles. The van der Waals surface area contributed by atoms with E-state index in [9.17, 15) is 0 Å². The van der Waals surface area contributed by atoms with Crippen molar-refractivity contribution in [2.24, 2.45) is 0 Å². The normalized spacial score (nSPS) is 11.4. The van der Waals surface area contributed by atoms with E-state index in [-0.39, 0.29) is 0 Å². The van der Waals surface area contributed by atoms with Crippen LogP contribution in [0.2, 0.25) is 0 Å². The van der Waals surface area contributed by atoms with E-state index in [4.69, 9.17) is 9.40 Å². The number of furan rings is 1. The molecule has 3 nitrogen and oxygen atoms in total. The van der Waals surface area contributed by atoms with E-state index in [0.29, 0.717) is 0 Å². The van der Waals surface area contributed by atoms with Crippen molar-refractivity contribution < 1.29 is 4.42 Å². The van der Waals surface area contributed by atoms with Crippen LogP contribution in [0.3, 0.4) is 0 Å². The van der Waals surface area contributed by atoms with Gasteiger partial charge in [0.25, 0.3) is 0 Å². The van der Waals surface area contributed by atoms with Crippen molar-refractivity contribution in [3.05, 3.63) is 90.7 Å². The summed E-state index contributed by atoms with van der Waals surface area (Å²) in [6.07, 6.45) is 2.64. The Balaban J connectivity index is 1.53. The fourth-order valence-corrected chi connectivity index (χ4v) is 3.53. The minimum absolute atomic E-state index is 0.805. The Morgan fingerprint density at radius 3 is 2.54 bits per heavy atom. The Morgan fingerprint density at radius 1 is 0.808 bits per heavy atom. The van der Waals surface area contributed by atoms with Gasteiger partial charge in [0.1, 0.15) is 0 Å². The van der Waals surface area contributed by atoms with Gasteiger partial charge in [-0.15, -0.1) is 0 Å². The summed E-state index contributed by atoms with van der Waals surface area (Å²) in [5, 5.41) is 2.56. The van der Waals surface area contributed by atoms with Crippen LogP contribution in [0.25, 0.3) is 33.4 Å². The minimum atomic E-state index is 0.805. The van der Waals surface area contributed by atoms with Crippen LogP contribution in [-0.2, 0) is 13.0 Å². The molecule has 0 atom stereocenters. The summed E-state index contributed by atoms with van der Waals surface area (Å²) >= 11 is 0.